The van der Waals surface area contributed by atoms with Crippen LogP contribution in [0.1, 0.15) is 10.4 Å². The molecule has 0 spiro atoms. The Balaban J connectivity index is 2.06. The van der Waals surface area contributed by atoms with Gasteiger partial charge in [0, 0.05) is 21.3 Å². The molecule has 2 aromatic rings. The minimum absolute atomic E-state index is 0.279. The molecule has 1 amide bonds. The molecule has 0 fully saturated rings. The molecule has 5 heteroatoms. The third kappa shape index (κ3) is 4.52. The van der Waals surface area contributed by atoms with Gasteiger partial charge < -0.3 is 10.1 Å². The van der Waals surface area contributed by atoms with Gasteiger partial charge in [-0.2, -0.15) is 0 Å². The topological polar surface area (TPSA) is 38.3 Å². The van der Waals surface area contributed by atoms with Crippen LogP contribution in [-0.2, 0) is 0 Å². The van der Waals surface area contributed by atoms with E-state index in [1.165, 1.54) is 0 Å². The predicted octanol–water partition coefficient (Wildman–Crippen LogP) is 4.81. The molecule has 0 saturated heterocycles. The second kappa shape index (κ2) is 7.16. The lowest BCUT2D eigenvalue weighted by Gasteiger charge is -2.08. The number of carbonyl (C=O) groups excluding carboxylic acids is 1. The van der Waals surface area contributed by atoms with Gasteiger partial charge in [0.15, 0.2) is 0 Å². The SMILES string of the molecule is C=CCOc1ccc(NC(=O)c2cc(Cl)cc(Cl)c2)cc1. The van der Waals surface area contributed by atoms with E-state index in [0.717, 1.165) is 0 Å². The quantitative estimate of drug-likeness (QED) is 0.802. The third-order valence-electron chi connectivity index (χ3n) is 2.60. The van der Waals surface area contributed by atoms with Crippen LogP contribution in [0, 0.1) is 0 Å². The van der Waals surface area contributed by atoms with Crippen molar-refractivity contribution in [2.75, 3.05) is 11.9 Å². The van der Waals surface area contributed by atoms with E-state index in [-0.39, 0.29) is 5.91 Å². The second-order valence-corrected chi connectivity index (χ2v) is 5.11. The summed E-state index contributed by atoms with van der Waals surface area (Å²) in [6.45, 7) is 4.01. The van der Waals surface area contributed by atoms with E-state index in [0.29, 0.717) is 33.7 Å². The number of ether oxygens (including phenoxy) is 1. The lowest BCUT2D eigenvalue weighted by molar-refractivity contribution is 0.102. The fourth-order valence-corrected chi connectivity index (χ4v) is 2.20. The van der Waals surface area contributed by atoms with Crippen LogP contribution in [0.25, 0.3) is 0 Å². The van der Waals surface area contributed by atoms with Gasteiger partial charge in [0.1, 0.15) is 12.4 Å². The van der Waals surface area contributed by atoms with E-state index >= 15 is 0 Å². The molecule has 2 rings (SSSR count). The van der Waals surface area contributed by atoms with Gasteiger partial charge in [-0.25, -0.2) is 0 Å². The van der Waals surface area contributed by atoms with Crippen molar-refractivity contribution in [3.63, 3.8) is 0 Å². The zero-order chi connectivity index (χ0) is 15.2. The predicted molar refractivity (Wildman–Crippen MR) is 86.5 cm³/mol. The first-order chi connectivity index (χ1) is 10.1. The molecule has 0 bridgehead atoms. The zero-order valence-corrected chi connectivity index (χ0v) is 12.6. The zero-order valence-electron chi connectivity index (χ0n) is 11.1. The number of rotatable bonds is 5. The van der Waals surface area contributed by atoms with Crippen LogP contribution >= 0.6 is 23.2 Å². The first kappa shape index (κ1) is 15.4. The van der Waals surface area contributed by atoms with E-state index < -0.39 is 0 Å². The van der Waals surface area contributed by atoms with E-state index in [1.54, 1.807) is 48.5 Å². The van der Waals surface area contributed by atoms with Crippen molar-refractivity contribution < 1.29 is 9.53 Å². The Morgan fingerprint density at radius 1 is 1.14 bits per heavy atom. The highest BCUT2D eigenvalue weighted by Crippen LogP contribution is 2.21. The molecule has 0 aliphatic carbocycles. The molecule has 0 radical (unpaired) electrons. The second-order valence-electron chi connectivity index (χ2n) is 4.24. The number of carbonyl (C=O) groups is 1. The fraction of sp³-hybridized carbons (Fsp3) is 0.0625. The minimum atomic E-state index is -0.279. The van der Waals surface area contributed by atoms with Crippen LogP contribution in [0.2, 0.25) is 10.0 Å². The molecule has 108 valence electrons. The molecule has 0 saturated carbocycles. The molecule has 0 unspecified atom stereocenters. The van der Waals surface area contributed by atoms with E-state index in [4.69, 9.17) is 27.9 Å². The van der Waals surface area contributed by atoms with E-state index in [1.807, 2.05) is 0 Å². The lowest BCUT2D eigenvalue weighted by Crippen LogP contribution is -2.11. The summed E-state index contributed by atoms with van der Waals surface area (Å²) < 4.78 is 5.37. The maximum Gasteiger partial charge on any atom is 0.255 e. The summed E-state index contributed by atoms with van der Waals surface area (Å²) in [6.07, 6.45) is 1.67. The lowest BCUT2D eigenvalue weighted by atomic mass is 10.2. The molecule has 2 aromatic carbocycles. The largest absolute Gasteiger partial charge is 0.490 e. The van der Waals surface area contributed by atoms with Crippen LogP contribution in [-0.4, -0.2) is 12.5 Å². The summed E-state index contributed by atoms with van der Waals surface area (Å²) in [7, 11) is 0. The standard InChI is InChI=1S/C16H13Cl2NO2/c1-2-7-21-15-5-3-14(4-6-15)19-16(20)11-8-12(17)10-13(18)9-11/h2-6,8-10H,1,7H2,(H,19,20). The highest BCUT2D eigenvalue weighted by Gasteiger charge is 2.08. The Hall–Kier alpha value is -1.97. The first-order valence-corrected chi connectivity index (χ1v) is 6.95. The van der Waals surface area contributed by atoms with Gasteiger partial charge in [-0.3, -0.25) is 4.79 Å². The summed E-state index contributed by atoms with van der Waals surface area (Å²) in [5.74, 6) is 0.429. The molecule has 0 aliphatic heterocycles. The average molecular weight is 322 g/mol. The van der Waals surface area contributed by atoms with Crippen LogP contribution in [0.3, 0.4) is 0 Å². The summed E-state index contributed by atoms with van der Waals surface area (Å²) in [6, 6.07) is 11.7. The number of anilines is 1. The van der Waals surface area contributed by atoms with Crippen LogP contribution in [0.15, 0.2) is 55.1 Å². The van der Waals surface area contributed by atoms with Crippen molar-refractivity contribution in [2.24, 2.45) is 0 Å². The summed E-state index contributed by atoms with van der Waals surface area (Å²) >= 11 is 11.8. The molecule has 0 heterocycles. The minimum Gasteiger partial charge on any atom is -0.490 e. The van der Waals surface area contributed by atoms with Crippen molar-refractivity contribution in [3.8, 4) is 5.75 Å². The molecular formula is C16H13Cl2NO2. The van der Waals surface area contributed by atoms with Gasteiger partial charge in [0.2, 0.25) is 0 Å². The summed E-state index contributed by atoms with van der Waals surface area (Å²) in [4.78, 5) is 12.1. The Labute approximate surface area is 133 Å². The van der Waals surface area contributed by atoms with Crippen LogP contribution in [0.5, 0.6) is 5.75 Å². The van der Waals surface area contributed by atoms with Crippen molar-refractivity contribution in [3.05, 3.63) is 70.7 Å². The molecule has 0 atom stereocenters. The van der Waals surface area contributed by atoms with Gasteiger partial charge >= 0.3 is 0 Å². The number of halogens is 2. The molecule has 0 aliphatic rings. The Morgan fingerprint density at radius 3 is 2.33 bits per heavy atom. The van der Waals surface area contributed by atoms with E-state index in [2.05, 4.69) is 11.9 Å². The summed E-state index contributed by atoms with van der Waals surface area (Å²) in [5.41, 5.74) is 1.06. The highest BCUT2D eigenvalue weighted by molar-refractivity contribution is 6.35. The average Bonchev–Trinajstić information content (AvgIpc) is 2.45. The number of amides is 1. The normalized spacial score (nSPS) is 10.0. The number of nitrogens with one attached hydrogen (secondary N) is 1. The van der Waals surface area contributed by atoms with Gasteiger partial charge in [-0.1, -0.05) is 35.9 Å². The maximum absolute atomic E-state index is 12.1. The molecule has 21 heavy (non-hydrogen) atoms. The highest BCUT2D eigenvalue weighted by atomic mass is 35.5. The van der Waals surface area contributed by atoms with Crippen molar-refractivity contribution in [1.29, 1.82) is 0 Å². The van der Waals surface area contributed by atoms with Gasteiger partial charge in [0.05, 0.1) is 0 Å². The van der Waals surface area contributed by atoms with Crippen molar-refractivity contribution >= 4 is 34.8 Å². The smallest absolute Gasteiger partial charge is 0.255 e. The van der Waals surface area contributed by atoms with Crippen molar-refractivity contribution in [1.82, 2.24) is 0 Å². The Morgan fingerprint density at radius 2 is 1.76 bits per heavy atom. The first-order valence-electron chi connectivity index (χ1n) is 6.19. The Kier molecular flexibility index (Phi) is 5.26. The van der Waals surface area contributed by atoms with Gasteiger partial charge in [-0.05, 0) is 42.5 Å². The third-order valence-corrected chi connectivity index (χ3v) is 3.04. The van der Waals surface area contributed by atoms with Crippen LogP contribution < -0.4 is 10.1 Å². The fourth-order valence-electron chi connectivity index (χ4n) is 1.68. The Bertz CT molecular complexity index is 634. The van der Waals surface area contributed by atoms with E-state index in [9.17, 15) is 4.79 Å². The maximum atomic E-state index is 12.1. The van der Waals surface area contributed by atoms with Gasteiger partial charge in [-0.15, -0.1) is 0 Å². The number of hydrogen-bond acceptors (Lipinski definition) is 2. The monoisotopic (exact) mass is 321 g/mol. The van der Waals surface area contributed by atoms with Crippen LogP contribution in [0.4, 0.5) is 5.69 Å². The number of benzene rings is 2. The number of hydrogen-bond donors (Lipinski definition) is 1. The molecular weight excluding hydrogens is 309 g/mol. The molecule has 1 N–H and O–H groups in total. The molecule has 3 nitrogen and oxygen atoms in total. The summed E-state index contributed by atoms with van der Waals surface area (Å²) in [5, 5.41) is 3.60. The van der Waals surface area contributed by atoms with Gasteiger partial charge in [0.25, 0.3) is 5.91 Å². The molecule has 0 aromatic heterocycles. The van der Waals surface area contributed by atoms with Crippen molar-refractivity contribution in [2.45, 2.75) is 0 Å².